The summed E-state index contributed by atoms with van der Waals surface area (Å²) >= 11 is 0. The number of hydrogen-bond acceptors (Lipinski definition) is 26. The van der Waals surface area contributed by atoms with E-state index >= 15 is 0 Å². The Hall–Kier alpha value is -13.7. The number of fused-ring (bicyclic) bond motifs is 20. The average Bonchev–Trinajstić information content (AvgIpc) is 1.29. The zero-order valence-corrected chi connectivity index (χ0v) is 66.3. The van der Waals surface area contributed by atoms with Crippen molar-refractivity contribution in [3.63, 3.8) is 0 Å². The number of rotatable bonds is 25. The molecule has 1 saturated heterocycles. The summed E-state index contributed by atoms with van der Waals surface area (Å²) in [7, 11) is 0. The molecule has 0 unspecified atom stereocenters. The van der Waals surface area contributed by atoms with Gasteiger partial charge in [0.25, 0.3) is 0 Å². The summed E-state index contributed by atoms with van der Waals surface area (Å²) in [5.41, 5.74) is 6.15. The van der Waals surface area contributed by atoms with Crippen molar-refractivity contribution >= 4 is 117 Å². The summed E-state index contributed by atoms with van der Waals surface area (Å²) in [6.07, 6.45) is -5.65. The third kappa shape index (κ3) is 21.8. The van der Waals surface area contributed by atoms with E-state index in [0.29, 0.717) is 52.8 Å². The van der Waals surface area contributed by atoms with Crippen molar-refractivity contribution in [2.45, 2.75) is 143 Å². The minimum Gasteiger partial charge on any atom is -0.490 e. The minimum absolute atomic E-state index is 0.000442. The highest BCUT2D eigenvalue weighted by Crippen LogP contribution is 2.38. The molecule has 43 nitrogen and oxygen atoms in total. The summed E-state index contributed by atoms with van der Waals surface area (Å²) < 4.78 is 30.4. The number of amides is 13. The van der Waals surface area contributed by atoms with Gasteiger partial charge in [-0.05, 0) is 171 Å². The van der Waals surface area contributed by atoms with E-state index in [-0.39, 0.29) is 175 Å². The highest BCUT2D eigenvalue weighted by atomic mass is 16.6. The number of hydrogen-bond donors (Lipinski definition) is 20. The van der Waals surface area contributed by atoms with Crippen LogP contribution in [0.5, 0.6) is 5.75 Å². The first kappa shape index (κ1) is 88.1. The molecule has 0 saturated carbocycles. The van der Waals surface area contributed by atoms with Gasteiger partial charge in [-0.3, -0.25) is 9.59 Å². The van der Waals surface area contributed by atoms with E-state index in [1.54, 1.807) is 20.0 Å². The monoisotopic (exact) mass is 1680 g/mol. The van der Waals surface area contributed by atoms with Crippen molar-refractivity contribution in [2.24, 2.45) is 5.18 Å². The Morgan fingerprint density at radius 1 is 0.570 bits per heavy atom. The molecule has 43 heteroatoms. The molecule has 8 aromatic rings. The first-order chi connectivity index (χ1) is 58.2. The maximum absolute atomic E-state index is 14.5. The van der Waals surface area contributed by atoms with Gasteiger partial charge >= 0.3 is 54.1 Å². The predicted molar refractivity (Wildman–Crippen MR) is 432 cm³/mol. The van der Waals surface area contributed by atoms with Crippen LogP contribution >= 0.6 is 0 Å². The number of carboxylic acid groups (broad SMARTS) is 3. The summed E-state index contributed by atoms with van der Waals surface area (Å²) in [4.78, 5) is 150. The van der Waals surface area contributed by atoms with Crippen molar-refractivity contribution in [3.05, 3.63) is 161 Å². The molecular weight excluding hydrogens is 1580 g/mol. The molecule has 1 fully saturated rings. The van der Waals surface area contributed by atoms with Crippen LogP contribution in [-0.2, 0) is 102 Å². The van der Waals surface area contributed by atoms with Crippen LogP contribution in [0.1, 0.15) is 114 Å². The number of nitrogens with zero attached hydrogens (tertiary/aromatic N) is 7. The fourth-order valence-corrected chi connectivity index (χ4v) is 14.5. The smallest absolute Gasteiger partial charge is 0.335 e. The number of anilines is 7. The van der Waals surface area contributed by atoms with Crippen LogP contribution in [-0.4, -0.2) is 204 Å². The van der Waals surface area contributed by atoms with Crippen LogP contribution in [0.25, 0.3) is 11.0 Å². The molecule has 2 aromatic heterocycles. The number of aliphatic hydroxyl groups is 4. The molecule has 4 aliphatic heterocycles. The Balaban J connectivity index is 0.881. The molecule has 12 rings (SSSR count). The van der Waals surface area contributed by atoms with Gasteiger partial charge in [-0.1, -0.05) is 32.1 Å². The number of aliphatic carboxylic acids is 1. The maximum Gasteiger partial charge on any atom is 0.335 e. The SMILES string of the molecule is CCc1c2c(CC)c3c(CC)c1CNC(=O)Nc1ccc(C(=O)O)cc1NC(=O)NCc1c(C)c(c(OCCOCCOCCn4cc(CN(CC(=O)N[C@@H]5O[C@H](CO)[C@@H](O)[C@H](O)[C@H]5O)c5ccc(N=O)c6nonc56)nn4)c(c1C)CNC(=O)Nc1cc(C(=O)O)ccc1NC(=O)NC3)CNC(=O)Nc1ccc(CC(=O)O)cc1NC(=O)NCC2. The summed E-state index contributed by atoms with van der Waals surface area (Å²) in [5.74, 6) is -4.59. The van der Waals surface area contributed by atoms with Gasteiger partial charge in [0.05, 0.1) is 116 Å². The van der Waals surface area contributed by atoms with E-state index in [2.05, 4.69) is 94.9 Å². The fraction of sp³-hybridized carbons (Fsp3) is 0.385. The number of aromatic nitrogens is 5. The number of nitrogens with one attached hydrogen (secondary N) is 13. The van der Waals surface area contributed by atoms with E-state index < -0.39 is 117 Å². The number of ether oxygens (including phenoxy) is 4. The molecular formula is C78H92N20O23. The fourth-order valence-electron chi connectivity index (χ4n) is 14.5. The van der Waals surface area contributed by atoms with Crippen LogP contribution in [0.15, 0.2) is 82.7 Å². The third-order valence-corrected chi connectivity index (χ3v) is 20.4. The second kappa shape index (κ2) is 40.6. The topological polar surface area (TPSA) is 608 Å². The first-order valence-corrected chi connectivity index (χ1v) is 38.5. The summed E-state index contributed by atoms with van der Waals surface area (Å²) in [6, 6.07) is 9.49. The summed E-state index contributed by atoms with van der Waals surface area (Å²) in [5, 5.41) is 126. The number of carbonyl (C=O) groups is 10. The molecule has 20 N–H and O–H groups in total. The Morgan fingerprint density at radius 2 is 1.06 bits per heavy atom. The lowest BCUT2D eigenvalue weighted by Gasteiger charge is -2.40. The standard InChI is InChI=1S/C78H92N20O23/c1-6-44-47-17-18-79-73(110)88-57-25-40(26-63(101)102)9-12-53(57)85-74(111)81-30-49-38(4)48-29-80-77(114)89-58-27-41(71(106)107)10-13-54(58)86-75(112)83-32-51(44)46(8-3)52(45(47)7-2)33-84-76(113)87-55-14-11-42(72(108)109)28-59(55)90-78(115)82-31-50(39(48)5)69(49)119-24-23-118-22-21-117-20-19-98-35-43(92-96-98)34-97(60-16-15-56(93-116)64-65(60)95-121-94-64)36-62(100)91-70-68(105)67(104)66(103)61(37-99)120-70/h9-16,25,27-28,35,61,66-68,70,99,103-105H,6-8,17-24,26,29-34,36-37H2,1-5H3,(H,91,100)(H,101,102)(H,106,107)(H,108,109)(H2,79,88,110)(H2,80,89,114)(H2,81,85,111)(H2,82,90,115)(H2,83,86,112)(H2,84,87,113)/t61-,66-,67+,68-,70-/m1/s1. The number of benzene rings is 6. The molecule has 0 spiro atoms. The van der Waals surface area contributed by atoms with E-state index in [1.807, 2.05) is 20.8 Å². The maximum atomic E-state index is 14.5. The molecule has 6 heterocycles. The minimum atomic E-state index is -1.79. The number of carboxylic acids is 3. The predicted octanol–water partition coefficient (Wildman–Crippen LogP) is 5.17. The number of aromatic carboxylic acids is 2. The first-order valence-electron chi connectivity index (χ1n) is 38.5. The molecule has 5 atom stereocenters. The van der Waals surface area contributed by atoms with E-state index in [4.69, 9.17) is 23.6 Å². The quantitative estimate of drug-likeness (QED) is 0.0259. The molecule has 642 valence electrons. The van der Waals surface area contributed by atoms with Gasteiger partial charge < -0.3 is 129 Å². The third-order valence-electron chi connectivity index (χ3n) is 20.4. The number of urea groups is 6. The molecule has 6 aromatic carbocycles. The van der Waals surface area contributed by atoms with Crippen LogP contribution in [0.4, 0.5) is 74.3 Å². The second-order valence-corrected chi connectivity index (χ2v) is 28.1. The van der Waals surface area contributed by atoms with Crippen molar-refractivity contribution in [2.75, 3.05) is 89.5 Å². The van der Waals surface area contributed by atoms with Crippen molar-refractivity contribution in [1.82, 2.24) is 62.5 Å². The Kier molecular flexibility index (Phi) is 29.6. The van der Waals surface area contributed by atoms with E-state index in [0.717, 1.165) is 34.4 Å². The normalized spacial score (nSPS) is 17.4. The van der Waals surface area contributed by atoms with Crippen LogP contribution in [0, 0.1) is 18.8 Å². The van der Waals surface area contributed by atoms with E-state index in [1.165, 1.54) is 64.2 Å². The van der Waals surface area contributed by atoms with Gasteiger partial charge in [-0.25, -0.2) is 47.7 Å². The number of aliphatic hydroxyl groups excluding tert-OH is 4. The highest BCUT2D eigenvalue weighted by molar-refractivity contribution is 6.04. The Bertz CT molecular complexity index is 5250. The lowest BCUT2D eigenvalue weighted by molar-refractivity contribution is -0.235. The molecule has 13 amide bonds. The molecule has 6 bridgehead atoms. The number of carbonyl (C=O) groups excluding carboxylic acids is 7. The van der Waals surface area contributed by atoms with E-state index in [9.17, 15) is 88.6 Å². The Labute approximate surface area is 688 Å². The molecule has 0 aliphatic carbocycles. The molecule has 0 radical (unpaired) electrons. The van der Waals surface area contributed by atoms with Crippen molar-refractivity contribution in [1.29, 1.82) is 0 Å². The van der Waals surface area contributed by atoms with Crippen LogP contribution in [0.3, 0.4) is 0 Å². The molecule has 4 aliphatic rings. The van der Waals surface area contributed by atoms with Gasteiger partial charge in [0.1, 0.15) is 48.2 Å². The Morgan fingerprint density at radius 3 is 1.59 bits per heavy atom. The van der Waals surface area contributed by atoms with Gasteiger partial charge in [-0.2, -0.15) is 0 Å². The number of nitroso groups, excluding NO2 is 1. The molecule has 121 heavy (non-hydrogen) atoms. The zero-order valence-electron chi connectivity index (χ0n) is 66.3. The van der Waals surface area contributed by atoms with Gasteiger partial charge in [0.15, 0.2) is 17.3 Å². The van der Waals surface area contributed by atoms with Crippen LogP contribution in [0.2, 0.25) is 0 Å². The lowest BCUT2D eigenvalue weighted by Crippen LogP contribution is -2.63. The van der Waals surface area contributed by atoms with Crippen molar-refractivity contribution < 1.29 is 107 Å². The lowest BCUT2D eigenvalue weighted by atomic mass is 9.82. The van der Waals surface area contributed by atoms with Gasteiger partial charge in [0, 0.05) is 50.4 Å². The average molecular weight is 1680 g/mol. The zero-order chi connectivity index (χ0) is 86.7. The van der Waals surface area contributed by atoms with Gasteiger partial charge in [0.2, 0.25) is 5.91 Å². The van der Waals surface area contributed by atoms with Crippen molar-refractivity contribution in [3.8, 4) is 5.75 Å². The summed E-state index contributed by atoms with van der Waals surface area (Å²) in [6.45, 7) is 6.26. The highest BCUT2D eigenvalue weighted by Gasteiger charge is 2.44. The second-order valence-electron chi connectivity index (χ2n) is 28.1. The van der Waals surface area contributed by atoms with Gasteiger partial charge in [-0.15, -0.1) is 10.0 Å². The largest absolute Gasteiger partial charge is 0.490 e. The van der Waals surface area contributed by atoms with Crippen LogP contribution < -0.4 is 78.8 Å².